The van der Waals surface area contributed by atoms with Gasteiger partial charge >= 0.3 is 0 Å². The van der Waals surface area contributed by atoms with Crippen molar-refractivity contribution in [3.05, 3.63) is 28.2 Å². The Kier molecular flexibility index (Phi) is 5.84. The smallest absolute Gasteiger partial charge is 0.124 e. The molecule has 1 aliphatic heterocycles. The molecule has 1 aromatic carbocycles. The Morgan fingerprint density at radius 2 is 2.35 bits per heavy atom. The van der Waals surface area contributed by atoms with Crippen LogP contribution in [0.2, 0.25) is 0 Å². The van der Waals surface area contributed by atoms with Crippen molar-refractivity contribution >= 4 is 15.9 Å². The van der Waals surface area contributed by atoms with Crippen molar-refractivity contribution in [1.29, 1.82) is 0 Å². The van der Waals surface area contributed by atoms with Gasteiger partial charge in [0.1, 0.15) is 18.5 Å². The van der Waals surface area contributed by atoms with E-state index in [1.54, 1.807) is 0 Å². The highest BCUT2D eigenvalue weighted by Crippen LogP contribution is 2.28. The number of morpholine rings is 1. The molecule has 0 aliphatic carbocycles. The maximum Gasteiger partial charge on any atom is 0.124 e. The van der Waals surface area contributed by atoms with Crippen molar-refractivity contribution in [1.82, 2.24) is 10.2 Å². The second-order valence-corrected chi connectivity index (χ2v) is 6.17. The summed E-state index contributed by atoms with van der Waals surface area (Å²) >= 11 is 3.51. The normalized spacial score (nSPS) is 21.7. The summed E-state index contributed by atoms with van der Waals surface area (Å²) in [6.45, 7) is 5.42. The largest absolute Gasteiger partial charge is 0.490 e. The average molecular weight is 343 g/mol. The Bertz CT molecular complexity index is 442. The quantitative estimate of drug-likeness (QED) is 0.891. The fourth-order valence-corrected chi connectivity index (χ4v) is 2.67. The SMILES string of the molecule is CNC(C)c1cc(Br)ccc1OCC1CN(C)CCO1. The number of hydrogen-bond acceptors (Lipinski definition) is 4. The molecule has 1 fully saturated rings. The van der Waals surface area contributed by atoms with Crippen LogP contribution in [-0.2, 0) is 4.74 Å². The number of rotatable bonds is 5. The first-order chi connectivity index (χ1) is 9.60. The van der Waals surface area contributed by atoms with E-state index in [2.05, 4.69) is 46.2 Å². The van der Waals surface area contributed by atoms with Crippen molar-refractivity contribution < 1.29 is 9.47 Å². The Morgan fingerprint density at radius 3 is 3.05 bits per heavy atom. The molecule has 112 valence electrons. The molecule has 1 heterocycles. The highest BCUT2D eigenvalue weighted by Gasteiger charge is 2.19. The molecule has 1 saturated heterocycles. The molecule has 1 aromatic rings. The molecule has 4 nitrogen and oxygen atoms in total. The molecule has 0 aromatic heterocycles. The van der Waals surface area contributed by atoms with Gasteiger partial charge < -0.3 is 19.7 Å². The molecule has 0 spiro atoms. The molecule has 0 saturated carbocycles. The van der Waals surface area contributed by atoms with Crippen molar-refractivity contribution in [3.8, 4) is 5.75 Å². The van der Waals surface area contributed by atoms with Crippen molar-refractivity contribution in [2.75, 3.05) is 40.4 Å². The molecule has 2 unspecified atom stereocenters. The number of hydrogen-bond donors (Lipinski definition) is 1. The first-order valence-corrected chi connectivity index (χ1v) is 7.79. The van der Waals surface area contributed by atoms with Gasteiger partial charge in [0.05, 0.1) is 6.61 Å². The first kappa shape index (κ1) is 15.8. The van der Waals surface area contributed by atoms with E-state index in [1.165, 1.54) is 0 Å². The van der Waals surface area contributed by atoms with Crippen LogP contribution in [0.15, 0.2) is 22.7 Å². The molecule has 0 bridgehead atoms. The summed E-state index contributed by atoms with van der Waals surface area (Å²) in [4.78, 5) is 2.27. The van der Waals surface area contributed by atoms with Crippen LogP contribution in [-0.4, -0.2) is 51.4 Å². The van der Waals surface area contributed by atoms with Gasteiger partial charge in [-0.1, -0.05) is 15.9 Å². The van der Waals surface area contributed by atoms with Crippen LogP contribution >= 0.6 is 15.9 Å². The summed E-state index contributed by atoms with van der Waals surface area (Å²) < 4.78 is 12.8. The van der Waals surface area contributed by atoms with E-state index >= 15 is 0 Å². The van der Waals surface area contributed by atoms with E-state index < -0.39 is 0 Å². The molecule has 1 N–H and O–H groups in total. The zero-order valence-corrected chi connectivity index (χ0v) is 13.9. The minimum atomic E-state index is 0.148. The van der Waals surface area contributed by atoms with Crippen molar-refractivity contribution in [3.63, 3.8) is 0 Å². The van der Waals surface area contributed by atoms with Crippen molar-refractivity contribution in [2.45, 2.75) is 19.1 Å². The molecule has 1 aliphatic rings. The highest BCUT2D eigenvalue weighted by molar-refractivity contribution is 9.10. The third-order valence-electron chi connectivity index (χ3n) is 3.64. The van der Waals surface area contributed by atoms with Gasteiger partial charge in [-0.15, -0.1) is 0 Å². The lowest BCUT2D eigenvalue weighted by atomic mass is 10.1. The third kappa shape index (κ3) is 4.19. The van der Waals surface area contributed by atoms with Crippen LogP contribution in [0.1, 0.15) is 18.5 Å². The summed E-state index contributed by atoms with van der Waals surface area (Å²) in [7, 11) is 4.07. The summed E-state index contributed by atoms with van der Waals surface area (Å²) in [6.07, 6.45) is 0.148. The monoisotopic (exact) mass is 342 g/mol. The van der Waals surface area contributed by atoms with Gasteiger partial charge in [0.25, 0.3) is 0 Å². The van der Waals surface area contributed by atoms with Crippen LogP contribution in [0.4, 0.5) is 0 Å². The van der Waals surface area contributed by atoms with E-state index in [9.17, 15) is 0 Å². The molecular weight excluding hydrogens is 320 g/mol. The van der Waals surface area contributed by atoms with E-state index in [0.29, 0.717) is 6.61 Å². The molecule has 0 radical (unpaired) electrons. The third-order valence-corrected chi connectivity index (χ3v) is 4.13. The van der Waals surface area contributed by atoms with Gasteiger partial charge in [-0.05, 0) is 39.2 Å². The standard InChI is InChI=1S/C15H23BrN2O2/c1-11(17-2)14-8-12(16)4-5-15(14)20-10-13-9-18(3)6-7-19-13/h4-5,8,11,13,17H,6-7,9-10H2,1-3H3. The predicted octanol–water partition coefficient (Wildman–Crippen LogP) is 2.44. The average Bonchev–Trinajstić information content (AvgIpc) is 2.45. The minimum absolute atomic E-state index is 0.148. The number of nitrogens with one attached hydrogen (secondary N) is 1. The van der Waals surface area contributed by atoms with Gasteiger partial charge in [0, 0.05) is 29.2 Å². The second kappa shape index (κ2) is 7.41. The van der Waals surface area contributed by atoms with Gasteiger partial charge in [-0.25, -0.2) is 0 Å². The molecular formula is C15H23BrN2O2. The Balaban J connectivity index is 2.01. The van der Waals surface area contributed by atoms with Gasteiger partial charge in [0.15, 0.2) is 0 Å². The molecule has 20 heavy (non-hydrogen) atoms. The van der Waals surface area contributed by atoms with Crippen molar-refractivity contribution in [2.24, 2.45) is 0 Å². The number of nitrogens with zero attached hydrogens (tertiary/aromatic N) is 1. The maximum absolute atomic E-state index is 5.99. The number of halogens is 1. The molecule has 0 amide bonds. The molecule has 2 atom stereocenters. The summed E-state index contributed by atoms with van der Waals surface area (Å²) in [6, 6.07) is 6.37. The van der Waals surface area contributed by atoms with Gasteiger partial charge in [-0.3, -0.25) is 0 Å². The Hall–Kier alpha value is -0.620. The molecule has 5 heteroatoms. The van der Waals surface area contributed by atoms with E-state index in [0.717, 1.165) is 35.5 Å². The summed E-state index contributed by atoms with van der Waals surface area (Å²) in [5.41, 5.74) is 1.16. The summed E-state index contributed by atoms with van der Waals surface area (Å²) in [5.74, 6) is 0.923. The second-order valence-electron chi connectivity index (χ2n) is 5.26. The zero-order valence-electron chi connectivity index (χ0n) is 12.4. The Labute approximate surface area is 129 Å². The number of benzene rings is 1. The van der Waals surface area contributed by atoms with Crippen LogP contribution in [0, 0.1) is 0 Å². The Morgan fingerprint density at radius 1 is 1.55 bits per heavy atom. The molecule has 2 rings (SSSR count). The lowest BCUT2D eigenvalue weighted by molar-refractivity contribution is -0.0405. The number of ether oxygens (including phenoxy) is 2. The lowest BCUT2D eigenvalue weighted by Gasteiger charge is -2.30. The van der Waals surface area contributed by atoms with Crippen LogP contribution < -0.4 is 10.1 Å². The fourth-order valence-electron chi connectivity index (χ4n) is 2.30. The van der Waals surface area contributed by atoms with E-state index in [-0.39, 0.29) is 12.1 Å². The fraction of sp³-hybridized carbons (Fsp3) is 0.600. The lowest BCUT2D eigenvalue weighted by Crippen LogP contribution is -2.42. The van der Waals surface area contributed by atoms with Crippen LogP contribution in [0.5, 0.6) is 5.75 Å². The maximum atomic E-state index is 5.99. The van der Waals surface area contributed by atoms with Gasteiger partial charge in [-0.2, -0.15) is 0 Å². The topological polar surface area (TPSA) is 33.7 Å². The first-order valence-electron chi connectivity index (χ1n) is 7.00. The zero-order chi connectivity index (χ0) is 14.5. The van der Waals surface area contributed by atoms with Crippen LogP contribution in [0.25, 0.3) is 0 Å². The summed E-state index contributed by atoms with van der Waals surface area (Å²) in [5, 5.41) is 3.25. The van der Waals surface area contributed by atoms with E-state index in [4.69, 9.17) is 9.47 Å². The van der Waals surface area contributed by atoms with Gasteiger partial charge in [0.2, 0.25) is 0 Å². The highest BCUT2D eigenvalue weighted by atomic mass is 79.9. The minimum Gasteiger partial charge on any atom is -0.490 e. The predicted molar refractivity (Wildman–Crippen MR) is 84.3 cm³/mol. The van der Waals surface area contributed by atoms with Crippen LogP contribution in [0.3, 0.4) is 0 Å². The van der Waals surface area contributed by atoms with E-state index in [1.807, 2.05) is 19.2 Å². The number of likely N-dealkylation sites (N-methyl/N-ethyl adjacent to an activating group) is 1.